The first-order valence-corrected chi connectivity index (χ1v) is 5.61. The average molecular weight is 182 g/mol. The average Bonchev–Trinajstić information content (AvgIpc) is 2.36. The summed E-state index contributed by atoms with van der Waals surface area (Å²) >= 11 is 3.91. The predicted octanol–water partition coefficient (Wildman–Crippen LogP) is 3.46. The largest absolute Gasteiger partial charge is 0.114 e. The molecule has 1 aromatic carbocycles. The molecule has 0 spiro atoms. The summed E-state index contributed by atoms with van der Waals surface area (Å²) in [5.41, 5.74) is 2.83. The molecule has 1 aromatic rings. The van der Waals surface area contributed by atoms with Gasteiger partial charge >= 0.3 is 0 Å². The molecule has 1 aliphatic rings. The first-order valence-electron chi connectivity index (χ1n) is 3.64. The molecule has 0 N–H and O–H groups in total. The number of thioether (sulfide) groups is 2. The van der Waals surface area contributed by atoms with Crippen LogP contribution < -0.4 is 0 Å². The molecule has 0 aliphatic carbocycles. The summed E-state index contributed by atoms with van der Waals surface area (Å²) in [5, 5.41) is 1.19. The van der Waals surface area contributed by atoms with E-state index in [1.807, 2.05) is 23.5 Å². The number of hydrogen-bond donors (Lipinski definition) is 0. The summed E-state index contributed by atoms with van der Waals surface area (Å²) < 4.78 is 0. The van der Waals surface area contributed by atoms with E-state index in [2.05, 4.69) is 26.0 Å². The van der Waals surface area contributed by atoms with Crippen LogP contribution in [0.15, 0.2) is 21.9 Å². The molecule has 0 unspecified atom stereocenters. The van der Waals surface area contributed by atoms with Crippen LogP contribution in [0.1, 0.15) is 11.1 Å². The molecule has 0 nitrogen and oxygen atoms in total. The van der Waals surface area contributed by atoms with Gasteiger partial charge in [-0.3, -0.25) is 0 Å². The third-order valence-electron chi connectivity index (χ3n) is 1.99. The van der Waals surface area contributed by atoms with E-state index in [-0.39, 0.29) is 0 Å². The van der Waals surface area contributed by atoms with Crippen molar-refractivity contribution >= 4 is 23.5 Å². The van der Waals surface area contributed by atoms with Crippen LogP contribution in [0.2, 0.25) is 0 Å². The topological polar surface area (TPSA) is 0 Å². The number of fused-ring (bicyclic) bond motifs is 1. The van der Waals surface area contributed by atoms with Crippen LogP contribution in [0.4, 0.5) is 0 Å². The number of hydrogen-bond acceptors (Lipinski definition) is 2. The van der Waals surface area contributed by atoms with Gasteiger partial charge in [-0.15, -0.1) is 23.5 Å². The van der Waals surface area contributed by atoms with Gasteiger partial charge in [0.25, 0.3) is 0 Å². The Labute approximate surface area is 75.8 Å². The van der Waals surface area contributed by atoms with Crippen molar-refractivity contribution in [1.29, 1.82) is 0 Å². The van der Waals surface area contributed by atoms with Crippen LogP contribution in [-0.2, 0) is 0 Å². The van der Waals surface area contributed by atoms with Gasteiger partial charge in [-0.05, 0) is 37.1 Å². The summed E-state index contributed by atoms with van der Waals surface area (Å²) in [6.45, 7) is 4.36. The molecule has 0 aromatic heterocycles. The van der Waals surface area contributed by atoms with Gasteiger partial charge in [0.1, 0.15) is 0 Å². The zero-order valence-electron chi connectivity index (χ0n) is 6.68. The van der Waals surface area contributed by atoms with E-state index in [0.717, 1.165) is 0 Å². The van der Waals surface area contributed by atoms with Gasteiger partial charge in [0.15, 0.2) is 0 Å². The van der Waals surface area contributed by atoms with Crippen molar-refractivity contribution in [1.82, 2.24) is 0 Å². The maximum atomic E-state index is 2.30. The summed E-state index contributed by atoms with van der Waals surface area (Å²) in [7, 11) is 0. The van der Waals surface area contributed by atoms with E-state index >= 15 is 0 Å². The van der Waals surface area contributed by atoms with Crippen molar-refractivity contribution in [3.8, 4) is 0 Å². The van der Waals surface area contributed by atoms with Gasteiger partial charge in [0.2, 0.25) is 0 Å². The van der Waals surface area contributed by atoms with Crippen molar-refractivity contribution < 1.29 is 0 Å². The Morgan fingerprint density at radius 1 is 1.00 bits per heavy atom. The summed E-state index contributed by atoms with van der Waals surface area (Å²) in [6.07, 6.45) is 0. The lowest BCUT2D eigenvalue weighted by Gasteiger charge is -2.02. The monoisotopic (exact) mass is 182 g/mol. The van der Waals surface area contributed by atoms with Gasteiger partial charge in [-0.1, -0.05) is 0 Å². The van der Waals surface area contributed by atoms with E-state index < -0.39 is 0 Å². The second-order valence-corrected chi connectivity index (χ2v) is 5.19. The second kappa shape index (κ2) is 2.76. The molecule has 0 saturated carbocycles. The fourth-order valence-electron chi connectivity index (χ4n) is 1.15. The maximum Gasteiger partial charge on any atom is 0.0487 e. The Morgan fingerprint density at radius 3 is 1.91 bits per heavy atom. The van der Waals surface area contributed by atoms with Gasteiger partial charge in [-0.2, -0.15) is 0 Å². The minimum atomic E-state index is 1.19. The zero-order chi connectivity index (χ0) is 7.84. The summed E-state index contributed by atoms with van der Waals surface area (Å²) in [5.74, 6) is 0. The molecule has 0 saturated heterocycles. The van der Waals surface area contributed by atoms with E-state index in [1.54, 1.807) is 0 Å². The fraction of sp³-hybridized carbons (Fsp3) is 0.333. The Bertz CT molecular complexity index is 263. The number of rotatable bonds is 0. The van der Waals surface area contributed by atoms with Gasteiger partial charge in [-0.25, -0.2) is 0 Å². The van der Waals surface area contributed by atoms with E-state index in [1.165, 1.54) is 26.0 Å². The smallest absolute Gasteiger partial charge is 0.0487 e. The predicted molar refractivity (Wildman–Crippen MR) is 52.5 cm³/mol. The Kier molecular flexibility index (Phi) is 1.90. The molecule has 1 aliphatic heterocycles. The van der Waals surface area contributed by atoms with Crippen molar-refractivity contribution in [3.05, 3.63) is 23.3 Å². The molecule has 0 bridgehead atoms. The molecule has 58 valence electrons. The summed E-state index contributed by atoms with van der Waals surface area (Å²) in [6, 6.07) is 4.60. The third kappa shape index (κ3) is 1.30. The third-order valence-corrected chi connectivity index (χ3v) is 4.36. The summed E-state index contributed by atoms with van der Waals surface area (Å²) in [4.78, 5) is 2.94. The highest BCUT2D eigenvalue weighted by molar-refractivity contribution is 8.18. The first kappa shape index (κ1) is 7.56. The molecule has 0 fully saturated rings. The zero-order valence-corrected chi connectivity index (χ0v) is 8.31. The highest BCUT2D eigenvalue weighted by atomic mass is 32.2. The lowest BCUT2D eigenvalue weighted by Crippen LogP contribution is -1.81. The molecule has 0 amide bonds. The van der Waals surface area contributed by atoms with E-state index in [0.29, 0.717) is 0 Å². The molecule has 1 heterocycles. The van der Waals surface area contributed by atoms with Gasteiger partial charge in [0.05, 0.1) is 0 Å². The van der Waals surface area contributed by atoms with Gasteiger partial charge < -0.3 is 0 Å². The van der Waals surface area contributed by atoms with Crippen molar-refractivity contribution in [2.45, 2.75) is 23.6 Å². The highest BCUT2D eigenvalue weighted by Gasteiger charge is 2.12. The van der Waals surface area contributed by atoms with Crippen LogP contribution in [-0.4, -0.2) is 5.08 Å². The van der Waals surface area contributed by atoms with Crippen LogP contribution >= 0.6 is 23.5 Å². The van der Waals surface area contributed by atoms with E-state index in [4.69, 9.17) is 0 Å². The van der Waals surface area contributed by atoms with Crippen molar-refractivity contribution in [3.63, 3.8) is 0 Å². The lowest BCUT2D eigenvalue weighted by molar-refractivity contribution is 1.18. The molecule has 2 heteroatoms. The number of benzene rings is 1. The Morgan fingerprint density at radius 2 is 1.45 bits per heavy atom. The minimum Gasteiger partial charge on any atom is -0.114 e. The highest BCUT2D eigenvalue weighted by Crippen LogP contribution is 2.42. The quantitative estimate of drug-likeness (QED) is 0.602. The SMILES string of the molecule is Cc1cc2c(cc1C)SCS2. The number of aryl methyl sites for hydroxylation is 2. The fourth-order valence-corrected chi connectivity index (χ4v) is 3.67. The van der Waals surface area contributed by atoms with Crippen LogP contribution in [0.25, 0.3) is 0 Å². The van der Waals surface area contributed by atoms with Crippen LogP contribution in [0.5, 0.6) is 0 Å². The molecule has 0 radical (unpaired) electrons. The molecule has 11 heavy (non-hydrogen) atoms. The standard InChI is InChI=1S/C9H10S2/c1-6-3-8-9(4-7(6)2)11-5-10-8/h3-4H,5H2,1-2H3. The Hall–Kier alpha value is -0.0800. The molecular weight excluding hydrogens is 172 g/mol. The molecule has 2 rings (SSSR count). The van der Waals surface area contributed by atoms with Gasteiger partial charge in [0, 0.05) is 14.9 Å². The van der Waals surface area contributed by atoms with Crippen LogP contribution in [0.3, 0.4) is 0 Å². The van der Waals surface area contributed by atoms with E-state index in [9.17, 15) is 0 Å². The minimum absolute atomic E-state index is 1.19. The van der Waals surface area contributed by atoms with Crippen molar-refractivity contribution in [2.24, 2.45) is 0 Å². The first-order chi connectivity index (χ1) is 5.27. The lowest BCUT2D eigenvalue weighted by atomic mass is 10.1. The van der Waals surface area contributed by atoms with Crippen LogP contribution in [0, 0.1) is 13.8 Å². The molecular formula is C9H10S2. The second-order valence-electron chi connectivity index (χ2n) is 2.79. The Balaban J connectivity index is 2.57. The van der Waals surface area contributed by atoms with Crippen molar-refractivity contribution in [2.75, 3.05) is 5.08 Å². The molecule has 0 atom stereocenters. The maximum absolute atomic E-state index is 2.30. The normalized spacial score (nSPS) is 15.1.